The maximum Gasteiger partial charge on any atom is 0.222 e. The van der Waals surface area contributed by atoms with Crippen molar-refractivity contribution in [2.45, 2.75) is 23.3 Å². The fourth-order valence-corrected chi connectivity index (χ4v) is 3.66. The molecule has 3 rings (SSSR count). The molecule has 96 valence electrons. The topological polar surface area (TPSA) is 64.7 Å². The minimum atomic E-state index is 0.327. The van der Waals surface area contributed by atoms with Crippen molar-refractivity contribution < 1.29 is 0 Å². The molecule has 0 spiro atoms. The summed E-state index contributed by atoms with van der Waals surface area (Å²) in [6, 6.07) is 6.08. The van der Waals surface area contributed by atoms with Crippen molar-refractivity contribution in [2.24, 2.45) is 0 Å². The van der Waals surface area contributed by atoms with Gasteiger partial charge in [-0.05, 0) is 24.6 Å². The zero-order chi connectivity index (χ0) is 13.2. The van der Waals surface area contributed by atoms with E-state index in [0.29, 0.717) is 5.95 Å². The summed E-state index contributed by atoms with van der Waals surface area (Å²) in [7, 11) is 0. The van der Waals surface area contributed by atoms with Crippen LogP contribution >= 0.6 is 23.1 Å². The van der Waals surface area contributed by atoms with E-state index in [1.54, 1.807) is 35.5 Å². The summed E-state index contributed by atoms with van der Waals surface area (Å²) < 4.78 is 0. The van der Waals surface area contributed by atoms with Gasteiger partial charge in [-0.2, -0.15) is 0 Å². The lowest BCUT2D eigenvalue weighted by Crippen LogP contribution is -1.95. The number of nitrogen functional groups attached to an aromatic ring is 1. The van der Waals surface area contributed by atoms with Gasteiger partial charge in [-0.15, -0.1) is 11.3 Å². The molecule has 6 heteroatoms. The Morgan fingerprint density at radius 3 is 2.79 bits per heavy atom. The van der Waals surface area contributed by atoms with Crippen molar-refractivity contribution in [1.29, 1.82) is 0 Å². The van der Waals surface area contributed by atoms with Crippen LogP contribution in [0.2, 0.25) is 0 Å². The Balaban J connectivity index is 2.09. The van der Waals surface area contributed by atoms with Gasteiger partial charge in [0.15, 0.2) is 0 Å². The minimum absolute atomic E-state index is 0.327. The van der Waals surface area contributed by atoms with Gasteiger partial charge in [0.05, 0.1) is 0 Å². The molecule has 0 aliphatic heterocycles. The van der Waals surface area contributed by atoms with Crippen molar-refractivity contribution in [2.75, 3.05) is 5.73 Å². The second-order valence-corrected chi connectivity index (χ2v) is 6.13. The van der Waals surface area contributed by atoms with Crippen LogP contribution in [0.1, 0.15) is 11.8 Å². The molecule has 0 fully saturated rings. The number of hydrogen-bond acceptors (Lipinski definition) is 6. The number of fused-ring (bicyclic) bond motifs is 1. The van der Waals surface area contributed by atoms with Crippen LogP contribution < -0.4 is 5.73 Å². The standard InChI is InChI=1S/C13H12N4S2/c1-2-8-7-10-11(18-8)16-13(14)17-12(10)19-9-3-5-15-6-4-9/h3-7H,2H2,1H3,(H2,14,16,17). The first-order chi connectivity index (χ1) is 9.26. The molecule has 0 aromatic carbocycles. The largest absolute Gasteiger partial charge is 0.368 e. The van der Waals surface area contributed by atoms with Gasteiger partial charge in [-0.1, -0.05) is 18.7 Å². The molecule has 0 aliphatic carbocycles. The minimum Gasteiger partial charge on any atom is -0.368 e. The Bertz CT molecular complexity index is 709. The lowest BCUT2D eigenvalue weighted by molar-refractivity contribution is 1.12. The molecule has 0 saturated heterocycles. The van der Waals surface area contributed by atoms with Gasteiger partial charge in [0.2, 0.25) is 5.95 Å². The third kappa shape index (κ3) is 2.54. The molecular formula is C13H12N4S2. The van der Waals surface area contributed by atoms with E-state index in [9.17, 15) is 0 Å². The fraction of sp³-hybridized carbons (Fsp3) is 0.154. The Kier molecular flexibility index (Phi) is 3.35. The molecule has 0 unspecified atom stereocenters. The number of nitrogens with two attached hydrogens (primary N) is 1. The summed E-state index contributed by atoms with van der Waals surface area (Å²) in [6.45, 7) is 2.14. The maximum absolute atomic E-state index is 5.79. The molecule has 3 aromatic rings. The first kappa shape index (κ1) is 12.4. The molecule has 0 atom stereocenters. The second kappa shape index (κ2) is 5.14. The third-order valence-electron chi connectivity index (χ3n) is 2.64. The molecule has 0 aliphatic rings. The van der Waals surface area contributed by atoms with Crippen LogP contribution in [0.15, 0.2) is 40.5 Å². The van der Waals surface area contributed by atoms with Crippen LogP contribution in [-0.4, -0.2) is 15.0 Å². The molecule has 4 nitrogen and oxygen atoms in total. The average Bonchev–Trinajstić information content (AvgIpc) is 2.83. The Morgan fingerprint density at radius 2 is 2.05 bits per heavy atom. The van der Waals surface area contributed by atoms with Crippen LogP contribution in [0.5, 0.6) is 0 Å². The Hall–Kier alpha value is -1.66. The number of anilines is 1. The average molecular weight is 288 g/mol. The van der Waals surface area contributed by atoms with Crippen molar-refractivity contribution in [1.82, 2.24) is 15.0 Å². The molecule has 0 radical (unpaired) electrons. The highest BCUT2D eigenvalue weighted by molar-refractivity contribution is 7.99. The first-order valence-electron chi connectivity index (χ1n) is 5.90. The van der Waals surface area contributed by atoms with Crippen molar-refractivity contribution in [3.8, 4) is 0 Å². The SMILES string of the molecule is CCc1cc2c(Sc3ccncc3)nc(N)nc2s1. The van der Waals surface area contributed by atoms with E-state index in [0.717, 1.165) is 26.6 Å². The Labute approximate surface area is 119 Å². The van der Waals surface area contributed by atoms with Crippen molar-refractivity contribution >= 4 is 39.3 Å². The maximum atomic E-state index is 5.79. The van der Waals surface area contributed by atoms with Gasteiger partial charge >= 0.3 is 0 Å². The zero-order valence-electron chi connectivity index (χ0n) is 10.3. The van der Waals surface area contributed by atoms with E-state index in [1.165, 1.54) is 4.88 Å². The number of aromatic nitrogens is 3. The van der Waals surface area contributed by atoms with Crippen LogP contribution in [0.4, 0.5) is 5.95 Å². The predicted octanol–water partition coefficient (Wildman–Crippen LogP) is 3.38. The number of aryl methyl sites for hydroxylation is 1. The highest BCUT2D eigenvalue weighted by atomic mass is 32.2. The van der Waals surface area contributed by atoms with Gasteiger partial charge in [0.1, 0.15) is 9.86 Å². The van der Waals surface area contributed by atoms with E-state index in [4.69, 9.17) is 5.73 Å². The van der Waals surface area contributed by atoms with Gasteiger partial charge in [-0.25, -0.2) is 9.97 Å². The van der Waals surface area contributed by atoms with Crippen molar-refractivity contribution in [3.63, 3.8) is 0 Å². The van der Waals surface area contributed by atoms with Gasteiger partial charge in [0, 0.05) is 27.6 Å². The highest BCUT2D eigenvalue weighted by Crippen LogP contribution is 2.35. The van der Waals surface area contributed by atoms with E-state index >= 15 is 0 Å². The summed E-state index contributed by atoms with van der Waals surface area (Å²) in [4.78, 5) is 16.0. The molecular weight excluding hydrogens is 276 g/mol. The highest BCUT2D eigenvalue weighted by Gasteiger charge is 2.11. The van der Waals surface area contributed by atoms with E-state index in [1.807, 2.05) is 12.1 Å². The Morgan fingerprint density at radius 1 is 1.26 bits per heavy atom. The number of nitrogens with zero attached hydrogens (tertiary/aromatic N) is 3. The first-order valence-corrected chi connectivity index (χ1v) is 7.53. The van der Waals surface area contributed by atoms with Crippen LogP contribution in [-0.2, 0) is 6.42 Å². The molecule has 3 heterocycles. The molecule has 0 saturated carbocycles. The monoisotopic (exact) mass is 288 g/mol. The number of pyridine rings is 1. The van der Waals surface area contributed by atoms with Crippen LogP contribution in [0, 0.1) is 0 Å². The molecule has 19 heavy (non-hydrogen) atoms. The summed E-state index contributed by atoms with van der Waals surface area (Å²) in [5.41, 5.74) is 5.79. The van der Waals surface area contributed by atoms with E-state index < -0.39 is 0 Å². The molecule has 0 bridgehead atoms. The second-order valence-electron chi connectivity index (χ2n) is 3.96. The van der Waals surface area contributed by atoms with E-state index in [-0.39, 0.29) is 0 Å². The lowest BCUT2D eigenvalue weighted by Gasteiger charge is -2.02. The number of thiophene rings is 1. The normalized spacial score (nSPS) is 11.0. The predicted molar refractivity (Wildman–Crippen MR) is 79.6 cm³/mol. The molecule has 3 aromatic heterocycles. The summed E-state index contributed by atoms with van der Waals surface area (Å²) >= 11 is 3.27. The summed E-state index contributed by atoms with van der Waals surface area (Å²) in [5.74, 6) is 0.327. The van der Waals surface area contributed by atoms with Gasteiger partial charge in [0.25, 0.3) is 0 Å². The van der Waals surface area contributed by atoms with Gasteiger partial charge < -0.3 is 5.73 Å². The fourth-order valence-electron chi connectivity index (χ4n) is 1.73. The summed E-state index contributed by atoms with van der Waals surface area (Å²) in [5, 5.41) is 1.99. The quantitative estimate of drug-likeness (QED) is 0.748. The zero-order valence-corrected chi connectivity index (χ0v) is 12.0. The summed E-state index contributed by atoms with van der Waals surface area (Å²) in [6.07, 6.45) is 4.55. The van der Waals surface area contributed by atoms with Crippen LogP contribution in [0.3, 0.4) is 0 Å². The number of hydrogen-bond donors (Lipinski definition) is 1. The smallest absolute Gasteiger partial charge is 0.222 e. The van der Waals surface area contributed by atoms with E-state index in [2.05, 4.69) is 27.9 Å². The van der Waals surface area contributed by atoms with Crippen molar-refractivity contribution in [3.05, 3.63) is 35.5 Å². The lowest BCUT2D eigenvalue weighted by atomic mass is 10.3. The third-order valence-corrected chi connectivity index (χ3v) is 4.82. The molecule has 0 amide bonds. The van der Waals surface area contributed by atoms with Crippen LogP contribution in [0.25, 0.3) is 10.2 Å². The molecule has 2 N–H and O–H groups in total. The van der Waals surface area contributed by atoms with Gasteiger partial charge in [-0.3, -0.25) is 4.98 Å². The number of rotatable bonds is 3.